The smallest absolute Gasteiger partial charge is 0.277 e. The van der Waals surface area contributed by atoms with E-state index in [4.69, 9.17) is 0 Å². The molecule has 0 aliphatic rings. The largest absolute Gasteiger partial charge is 0.314 e. The lowest BCUT2D eigenvalue weighted by atomic mass is 10.2. The van der Waals surface area contributed by atoms with Gasteiger partial charge in [0.05, 0.1) is 0 Å². The number of carbonyl (C=O) groups excluding carboxylic acids is 2. The van der Waals surface area contributed by atoms with Gasteiger partial charge in [-0.2, -0.15) is 0 Å². The lowest BCUT2D eigenvalue weighted by Gasteiger charge is -2.12. The molecule has 0 unspecified atom stereocenters. The topological polar surface area (TPSA) is 104 Å². The van der Waals surface area contributed by atoms with Gasteiger partial charge in [0.1, 0.15) is 0 Å². The van der Waals surface area contributed by atoms with E-state index >= 15 is 0 Å². The van der Waals surface area contributed by atoms with E-state index in [1.165, 1.54) is 11.8 Å². The van der Waals surface area contributed by atoms with Gasteiger partial charge in [-0.15, -0.1) is 0 Å². The van der Waals surface area contributed by atoms with Crippen molar-refractivity contribution in [2.45, 2.75) is 24.3 Å². The normalized spacial score (nSPS) is 10.4. The van der Waals surface area contributed by atoms with E-state index in [9.17, 15) is 14.4 Å². The zero-order valence-electron chi connectivity index (χ0n) is 15.8. The van der Waals surface area contributed by atoms with Crippen molar-refractivity contribution < 1.29 is 9.59 Å². The van der Waals surface area contributed by atoms with Crippen LogP contribution in [0, 0.1) is 0 Å². The van der Waals surface area contributed by atoms with Crippen LogP contribution in [0.5, 0.6) is 0 Å². The molecule has 29 heavy (non-hydrogen) atoms. The van der Waals surface area contributed by atoms with Gasteiger partial charge in [-0.05, 0) is 17.7 Å². The van der Waals surface area contributed by atoms with E-state index < -0.39 is 11.5 Å². The van der Waals surface area contributed by atoms with E-state index in [1.807, 2.05) is 30.3 Å². The minimum absolute atomic E-state index is 0.0282. The maximum atomic E-state index is 12.6. The predicted molar refractivity (Wildman–Crippen MR) is 114 cm³/mol. The van der Waals surface area contributed by atoms with Crippen LogP contribution < -0.4 is 16.2 Å². The van der Waals surface area contributed by atoms with Crippen molar-refractivity contribution in [1.82, 2.24) is 9.97 Å². The highest BCUT2D eigenvalue weighted by Crippen LogP contribution is 2.23. The Morgan fingerprint density at radius 3 is 2.31 bits per heavy atom. The molecule has 1 heterocycles. The van der Waals surface area contributed by atoms with E-state index in [-0.39, 0.29) is 23.8 Å². The molecule has 1 aromatic heterocycles. The van der Waals surface area contributed by atoms with Crippen LogP contribution in [0.25, 0.3) is 0 Å². The molecule has 2 aromatic carbocycles. The van der Waals surface area contributed by atoms with Gasteiger partial charge in [0.2, 0.25) is 5.91 Å². The summed E-state index contributed by atoms with van der Waals surface area (Å²) >= 11 is 1.33. The van der Waals surface area contributed by atoms with E-state index in [2.05, 4.69) is 20.6 Å². The number of anilines is 2. The molecule has 0 radical (unpaired) electrons. The third-order valence-electron chi connectivity index (χ3n) is 3.97. The van der Waals surface area contributed by atoms with Crippen LogP contribution >= 0.6 is 11.8 Å². The number of carbonyl (C=O) groups is 2. The van der Waals surface area contributed by atoms with E-state index in [0.29, 0.717) is 16.5 Å². The van der Waals surface area contributed by atoms with Crippen LogP contribution in [0.4, 0.5) is 11.5 Å². The van der Waals surface area contributed by atoms with E-state index in [0.717, 1.165) is 5.56 Å². The number of benzene rings is 2. The molecule has 0 saturated carbocycles. The summed E-state index contributed by atoms with van der Waals surface area (Å²) in [7, 11) is 0. The van der Waals surface area contributed by atoms with Crippen molar-refractivity contribution in [3.63, 3.8) is 0 Å². The lowest BCUT2D eigenvalue weighted by Crippen LogP contribution is -2.25. The van der Waals surface area contributed by atoms with Crippen LogP contribution in [-0.2, 0) is 10.5 Å². The fourth-order valence-electron chi connectivity index (χ4n) is 2.45. The van der Waals surface area contributed by atoms with Gasteiger partial charge < -0.3 is 10.6 Å². The van der Waals surface area contributed by atoms with Gasteiger partial charge in [-0.1, -0.05) is 67.2 Å². The molecule has 3 rings (SSSR count). The van der Waals surface area contributed by atoms with E-state index in [1.54, 1.807) is 37.3 Å². The fourth-order valence-corrected chi connectivity index (χ4v) is 3.27. The Labute approximate surface area is 172 Å². The van der Waals surface area contributed by atoms with Gasteiger partial charge in [0.15, 0.2) is 16.7 Å². The molecular formula is C21H20N4O3S. The summed E-state index contributed by atoms with van der Waals surface area (Å²) in [5.74, 6) is -0.145. The Bertz CT molecular complexity index is 1050. The molecule has 0 spiro atoms. The number of H-pyrrole nitrogens is 1. The molecule has 148 valence electrons. The Morgan fingerprint density at radius 2 is 1.66 bits per heavy atom. The van der Waals surface area contributed by atoms with Crippen LogP contribution in [0.1, 0.15) is 29.3 Å². The Balaban J connectivity index is 1.87. The summed E-state index contributed by atoms with van der Waals surface area (Å²) in [4.78, 5) is 44.0. The van der Waals surface area contributed by atoms with Gasteiger partial charge in [-0.25, -0.2) is 4.98 Å². The summed E-state index contributed by atoms with van der Waals surface area (Å²) in [6.07, 6.45) is 0.215. The monoisotopic (exact) mass is 408 g/mol. The molecule has 0 aliphatic heterocycles. The average molecular weight is 408 g/mol. The molecule has 0 atom stereocenters. The molecule has 0 fully saturated rings. The first-order chi connectivity index (χ1) is 14.1. The molecule has 7 nitrogen and oxygen atoms in total. The summed E-state index contributed by atoms with van der Waals surface area (Å²) in [5, 5.41) is 5.50. The fraction of sp³-hybridized carbons (Fsp3) is 0.143. The second kappa shape index (κ2) is 9.70. The minimum Gasteiger partial charge on any atom is -0.314 e. The zero-order chi connectivity index (χ0) is 20.6. The summed E-state index contributed by atoms with van der Waals surface area (Å²) < 4.78 is 0. The number of aromatic nitrogens is 2. The summed E-state index contributed by atoms with van der Waals surface area (Å²) in [5.41, 5.74) is 0.832. The maximum Gasteiger partial charge on any atom is 0.277 e. The highest BCUT2D eigenvalue weighted by atomic mass is 32.2. The van der Waals surface area contributed by atoms with Crippen molar-refractivity contribution in [2.75, 3.05) is 10.6 Å². The average Bonchev–Trinajstić information content (AvgIpc) is 2.75. The highest BCUT2D eigenvalue weighted by Gasteiger charge is 2.17. The van der Waals surface area contributed by atoms with Crippen molar-refractivity contribution in [2.24, 2.45) is 0 Å². The number of amides is 2. The van der Waals surface area contributed by atoms with Crippen LogP contribution in [-0.4, -0.2) is 21.8 Å². The van der Waals surface area contributed by atoms with Crippen molar-refractivity contribution in [3.05, 3.63) is 82.1 Å². The quantitative estimate of drug-likeness (QED) is 0.409. The molecule has 0 bridgehead atoms. The first-order valence-electron chi connectivity index (χ1n) is 9.04. The molecule has 3 aromatic rings. The number of thioether (sulfide) groups is 1. The predicted octanol–water partition coefficient (Wildman–Crippen LogP) is 3.66. The minimum atomic E-state index is -0.536. The number of rotatable bonds is 7. The van der Waals surface area contributed by atoms with Crippen LogP contribution in [0.3, 0.4) is 0 Å². The Kier molecular flexibility index (Phi) is 6.80. The summed E-state index contributed by atoms with van der Waals surface area (Å²) in [6, 6.07) is 18.2. The first kappa shape index (κ1) is 20.3. The standard InChI is InChI=1S/C21H20N4O3S/c1-2-16(26)22-18-17(23-19(27)15-11-7-4-8-12-15)20(28)25-21(24-18)29-13-14-9-5-3-6-10-14/h3-12H,2,13H2,1H3,(H,23,27)(H2,22,24,25,26,28). The molecular weight excluding hydrogens is 388 g/mol. The summed E-state index contributed by atoms with van der Waals surface area (Å²) in [6.45, 7) is 1.69. The second-order valence-electron chi connectivity index (χ2n) is 6.09. The molecule has 0 saturated heterocycles. The Morgan fingerprint density at radius 1 is 1.00 bits per heavy atom. The number of hydrogen-bond donors (Lipinski definition) is 3. The van der Waals surface area contributed by atoms with Crippen LogP contribution in [0.2, 0.25) is 0 Å². The van der Waals surface area contributed by atoms with Gasteiger partial charge >= 0.3 is 0 Å². The maximum absolute atomic E-state index is 12.6. The third-order valence-corrected chi connectivity index (χ3v) is 4.91. The zero-order valence-corrected chi connectivity index (χ0v) is 16.6. The van der Waals surface area contributed by atoms with Gasteiger partial charge in [-0.3, -0.25) is 19.4 Å². The number of nitrogens with one attached hydrogen (secondary N) is 3. The molecule has 0 aliphatic carbocycles. The third kappa shape index (κ3) is 5.55. The molecule has 8 heteroatoms. The van der Waals surface area contributed by atoms with Gasteiger partial charge in [0.25, 0.3) is 11.5 Å². The van der Waals surface area contributed by atoms with Crippen molar-refractivity contribution in [3.8, 4) is 0 Å². The first-order valence-corrected chi connectivity index (χ1v) is 10.0. The molecule has 2 amide bonds. The number of hydrogen-bond acceptors (Lipinski definition) is 5. The highest BCUT2D eigenvalue weighted by molar-refractivity contribution is 7.98. The lowest BCUT2D eigenvalue weighted by molar-refractivity contribution is -0.115. The number of nitrogens with zero attached hydrogens (tertiary/aromatic N) is 1. The second-order valence-corrected chi connectivity index (χ2v) is 7.05. The van der Waals surface area contributed by atoms with Crippen molar-refractivity contribution in [1.29, 1.82) is 0 Å². The SMILES string of the molecule is CCC(=O)Nc1nc(SCc2ccccc2)[nH]c(=O)c1NC(=O)c1ccccc1. The Hall–Kier alpha value is -3.39. The number of aromatic amines is 1. The molecule has 3 N–H and O–H groups in total. The van der Waals surface area contributed by atoms with Gasteiger partial charge in [0, 0.05) is 17.7 Å². The van der Waals surface area contributed by atoms with Crippen molar-refractivity contribution >= 4 is 35.1 Å². The van der Waals surface area contributed by atoms with Crippen LogP contribution in [0.15, 0.2) is 70.6 Å².